The van der Waals surface area contributed by atoms with E-state index in [0.29, 0.717) is 12.0 Å². The molecule has 0 radical (unpaired) electrons. The van der Waals surface area contributed by atoms with Gasteiger partial charge in [-0.1, -0.05) is 41.5 Å². The van der Waals surface area contributed by atoms with E-state index >= 15 is 0 Å². The molecule has 0 amide bonds. The van der Waals surface area contributed by atoms with Crippen LogP contribution < -0.4 is 0 Å². The fourth-order valence-electron chi connectivity index (χ4n) is 4.62. The fraction of sp³-hybridized carbons (Fsp3) is 0.545. The Labute approximate surface area is 142 Å². The van der Waals surface area contributed by atoms with Gasteiger partial charge in [-0.15, -0.1) is 0 Å². The smallest absolute Gasteiger partial charge is 0.00954 e. The number of benzene rings is 1. The molecular formula is C22H31N. The maximum absolute atomic E-state index is 2.43. The average Bonchev–Trinajstić information content (AvgIpc) is 2.82. The highest BCUT2D eigenvalue weighted by atomic mass is 15.1. The molecule has 0 aromatic heterocycles. The summed E-state index contributed by atoms with van der Waals surface area (Å²) in [7, 11) is 4.48. The van der Waals surface area contributed by atoms with E-state index in [9.17, 15) is 0 Å². The summed E-state index contributed by atoms with van der Waals surface area (Å²) in [5.74, 6) is 1.39. The number of nitrogens with zero attached hydrogens (tertiary/aromatic N) is 1. The molecule has 1 aromatic carbocycles. The molecule has 1 nitrogen and oxygen atoms in total. The molecule has 0 aliphatic heterocycles. The lowest BCUT2D eigenvalue weighted by molar-refractivity contribution is 0.184. The van der Waals surface area contributed by atoms with Crippen LogP contribution in [-0.2, 0) is 0 Å². The Hall–Kier alpha value is -1.34. The third-order valence-electron chi connectivity index (χ3n) is 6.37. The Morgan fingerprint density at radius 1 is 0.870 bits per heavy atom. The lowest BCUT2D eigenvalue weighted by atomic mass is 9.69. The second-order valence-corrected chi connectivity index (χ2v) is 7.79. The van der Waals surface area contributed by atoms with Crippen molar-refractivity contribution in [3.8, 4) is 0 Å². The summed E-state index contributed by atoms with van der Waals surface area (Å²) in [4.78, 5) is 2.43. The van der Waals surface area contributed by atoms with Gasteiger partial charge < -0.3 is 4.90 Å². The fourth-order valence-corrected chi connectivity index (χ4v) is 4.62. The van der Waals surface area contributed by atoms with Crippen molar-refractivity contribution in [2.75, 3.05) is 14.1 Å². The Kier molecular flexibility index (Phi) is 4.77. The molecule has 2 aliphatic rings. The number of allylic oxidation sites excluding steroid dienone is 4. The van der Waals surface area contributed by atoms with Crippen molar-refractivity contribution in [2.24, 2.45) is 5.92 Å². The minimum Gasteiger partial charge on any atom is -0.306 e. The highest BCUT2D eigenvalue weighted by molar-refractivity contribution is 5.46. The van der Waals surface area contributed by atoms with Crippen molar-refractivity contribution < 1.29 is 0 Å². The van der Waals surface area contributed by atoms with Crippen LogP contribution in [0.4, 0.5) is 0 Å². The van der Waals surface area contributed by atoms with Gasteiger partial charge in [0.05, 0.1) is 0 Å². The highest BCUT2D eigenvalue weighted by Gasteiger charge is 2.36. The SMILES string of the molecule is CC1=C(C)C(C)=C(C2CCC(N(C)C)CC2c2ccccc2)C1. The third-order valence-corrected chi connectivity index (χ3v) is 6.37. The van der Waals surface area contributed by atoms with Crippen LogP contribution in [0.15, 0.2) is 52.6 Å². The topological polar surface area (TPSA) is 3.24 Å². The van der Waals surface area contributed by atoms with Crippen LogP contribution in [0.5, 0.6) is 0 Å². The first-order valence-corrected chi connectivity index (χ1v) is 9.06. The van der Waals surface area contributed by atoms with Crippen LogP contribution in [0.2, 0.25) is 0 Å². The molecule has 3 rings (SSSR count). The second-order valence-electron chi connectivity index (χ2n) is 7.79. The van der Waals surface area contributed by atoms with Crippen molar-refractivity contribution in [3.05, 3.63) is 58.2 Å². The zero-order valence-electron chi connectivity index (χ0n) is 15.4. The second kappa shape index (κ2) is 6.65. The minimum absolute atomic E-state index is 0.668. The van der Waals surface area contributed by atoms with E-state index in [0.717, 1.165) is 5.92 Å². The van der Waals surface area contributed by atoms with Crippen molar-refractivity contribution in [3.63, 3.8) is 0 Å². The molecule has 1 fully saturated rings. The quantitative estimate of drug-likeness (QED) is 0.707. The molecule has 124 valence electrons. The van der Waals surface area contributed by atoms with E-state index in [1.54, 1.807) is 22.3 Å². The van der Waals surface area contributed by atoms with Gasteiger partial charge in [0.1, 0.15) is 0 Å². The zero-order chi connectivity index (χ0) is 16.6. The largest absolute Gasteiger partial charge is 0.306 e. The van der Waals surface area contributed by atoms with E-state index in [1.807, 2.05) is 0 Å². The summed E-state index contributed by atoms with van der Waals surface area (Å²) >= 11 is 0. The summed E-state index contributed by atoms with van der Waals surface area (Å²) in [5, 5.41) is 0. The molecule has 1 saturated carbocycles. The van der Waals surface area contributed by atoms with Crippen molar-refractivity contribution in [1.29, 1.82) is 0 Å². The molecule has 23 heavy (non-hydrogen) atoms. The molecule has 3 atom stereocenters. The molecule has 1 heteroatoms. The summed E-state index contributed by atoms with van der Waals surface area (Å²) in [5.41, 5.74) is 7.97. The maximum atomic E-state index is 2.43. The Bertz CT molecular complexity index is 621. The third kappa shape index (κ3) is 3.17. The van der Waals surface area contributed by atoms with Crippen molar-refractivity contribution in [1.82, 2.24) is 4.90 Å². The Morgan fingerprint density at radius 3 is 2.13 bits per heavy atom. The molecule has 0 bridgehead atoms. The number of rotatable bonds is 3. The van der Waals surface area contributed by atoms with Gasteiger partial charge in [0.2, 0.25) is 0 Å². The summed E-state index contributed by atoms with van der Waals surface area (Å²) in [6.07, 6.45) is 5.15. The van der Waals surface area contributed by atoms with Crippen LogP contribution in [0, 0.1) is 5.92 Å². The van der Waals surface area contributed by atoms with Gasteiger partial charge in [0, 0.05) is 6.04 Å². The van der Waals surface area contributed by atoms with Gasteiger partial charge in [-0.2, -0.15) is 0 Å². The minimum atomic E-state index is 0.668. The molecule has 0 N–H and O–H groups in total. The predicted molar refractivity (Wildman–Crippen MR) is 99.7 cm³/mol. The molecule has 0 saturated heterocycles. The van der Waals surface area contributed by atoms with E-state index < -0.39 is 0 Å². The van der Waals surface area contributed by atoms with Gasteiger partial charge in [0.15, 0.2) is 0 Å². The van der Waals surface area contributed by atoms with Crippen LogP contribution in [0.25, 0.3) is 0 Å². The summed E-state index contributed by atoms with van der Waals surface area (Å²) < 4.78 is 0. The molecule has 3 unspecified atom stereocenters. The number of hydrogen-bond donors (Lipinski definition) is 0. The number of hydrogen-bond acceptors (Lipinski definition) is 1. The normalized spacial score (nSPS) is 28.9. The van der Waals surface area contributed by atoms with E-state index in [-0.39, 0.29) is 0 Å². The highest BCUT2D eigenvalue weighted by Crippen LogP contribution is 2.48. The predicted octanol–water partition coefficient (Wildman–Crippen LogP) is 5.56. The van der Waals surface area contributed by atoms with E-state index in [4.69, 9.17) is 0 Å². The standard InChI is InChI=1S/C22H31N/c1-15-13-21(17(3)16(15)2)20-12-11-19(23(4)5)14-22(20)18-9-7-6-8-10-18/h6-10,19-20,22H,11-14H2,1-5H3. The van der Waals surface area contributed by atoms with Gasteiger partial charge in [-0.05, 0) is 89.1 Å². The average molecular weight is 309 g/mol. The van der Waals surface area contributed by atoms with Crippen LogP contribution >= 0.6 is 0 Å². The summed E-state index contributed by atoms with van der Waals surface area (Å²) in [6, 6.07) is 11.9. The van der Waals surface area contributed by atoms with Gasteiger partial charge in [0.25, 0.3) is 0 Å². The molecular weight excluding hydrogens is 278 g/mol. The first-order chi connectivity index (χ1) is 11.0. The zero-order valence-corrected chi connectivity index (χ0v) is 15.4. The molecule has 0 heterocycles. The molecule has 0 spiro atoms. The van der Waals surface area contributed by atoms with Crippen molar-refractivity contribution in [2.45, 2.75) is 58.4 Å². The van der Waals surface area contributed by atoms with Gasteiger partial charge in [-0.3, -0.25) is 0 Å². The first kappa shape index (κ1) is 16.5. The summed E-state index contributed by atoms with van der Waals surface area (Å²) in [6.45, 7) is 6.97. The van der Waals surface area contributed by atoms with E-state index in [1.165, 1.54) is 31.2 Å². The van der Waals surface area contributed by atoms with E-state index in [2.05, 4.69) is 70.1 Å². The monoisotopic (exact) mass is 309 g/mol. The van der Waals surface area contributed by atoms with Crippen molar-refractivity contribution >= 4 is 0 Å². The van der Waals surface area contributed by atoms with Crippen LogP contribution in [-0.4, -0.2) is 25.0 Å². The Morgan fingerprint density at radius 2 is 1.57 bits per heavy atom. The molecule has 1 aromatic rings. The van der Waals surface area contributed by atoms with Crippen LogP contribution in [0.1, 0.15) is 57.9 Å². The van der Waals surface area contributed by atoms with Gasteiger partial charge >= 0.3 is 0 Å². The Balaban J connectivity index is 1.93. The van der Waals surface area contributed by atoms with Gasteiger partial charge in [-0.25, -0.2) is 0 Å². The molecule has 2 aliphatic carbocycles. The lowest BCUT2D eigenvalue weighted by Gasteiger charge is -2.40. The lowest BCUT2D eigenvalue weighted by Crippen LogP contribution is -2.36. The maximum Gasteiger partial charge on any atom is 0.00954 e. The first-order valence-electron chi connectivity index (χ1n) is 9.06. The van der Waals surface area contributed by atoms with Crippen LogP contribution in [0.3, 0.4) is 0 Å².